The minimum atomic E-state index is -1.64. The average Bonchev–Trinajstić information content (AvgIpc) is 3.40. The first-order valence-corrected chi connectivity index (χ1v) is 9.96. The Morgan fingerprint density at radius 1 is 1.31 bits per heavy atom. The third kappa shape index (κ3) is 3.49. The zero-order valence-corrected chi connectivity index (χ0v) is 17.6. The van der Waals surface area contributed by atoms with Crippen LogP contribution < -0.4 is 16.2 Å². The smallest absolute Gasteiger partial charge is 0.322 e. The van der Waals surface area contributed by atoms with Crippen molar-refractivity contribution in [3.63, 3.8) is 0 Å². The maximum Gasteiger partial charge on any atom is 0.322 e. The van der Waals surface area contributed by atoms with Gasteiger partial charge in [-0.15, -0.1) is 0 Å². The Hall–Kier alpha value is -4.08. The highest BCUT2D eigenvalue weighted by atomic mass is 16.5. The highest BCUT2D eigenvalue weighted by Gasteiger charge is 2.53. The highest BCUT2D eigenvalue weighted by Crippen LogP contribution is 2.33. The molecule has 1 atom stereocenters. The van der Waals surface area contributed by atoms with Gasteiger partial charge in [-0.2, -0.15) is 0 Å². The SMILES string of the molecule is C=C(/C=C\C1=C(CC)C(=O)N(C[C@@]2(c3cc4c[nH]c(=O)cc4o3)NC(=O)NC2=O)C1)OC. The Bertz CT molecular complexity index is 1270. The number of aromatic nitrogens is 1. The average molecular weight is 438 g/mol. The van der Waals surface area contributed by atoms with Crippen molar-refractivity contribution in [3.05, 3.63) is 70.1 Å². The second kappa shape index (κ2) is 7.88. The highest BCUT2D eigenvalue weighted by molar-refractivity contribution is 6.08. The van der Waals surface area contributed by atoms with Crippen LogP contribution in [0, 0.1) is 0 Å². The van der Waals surface area contributed by atoms with Crippen molar-refractivity contribution in [3.8, 4) is 0 Å². The Morgan fingerprint density at radius 3 is 2.75 bits per heavy atom. The first-order valence-electron chi connectivity index (χ1n) is 9.96. The lowest BCUT2D eigenvalue weighted by atomic mass is 9.95. The van der Waals surface area contributed by atoms with Crippen molar-refractivity contribution in [1.29, 1.82) is 0 Å². The van der Waals surface area contributed by atoms with E-state index in [2.05, 4.69) is 22.2 Å². The molecule has 0 radical (unpaired) electrons. The summed E-state index contributed by atoms with van der Waals surface area (Å²) in [5.74, 6) is -0.322. The molecule has 1 fully saturated rings. The van der Waals surface area contributed by atoms with E-state index in [-0.39, 0.29) is 35.9 Å². The van der Waals surface area contributed by atoms with Crippen molar-refractivity contribution in [2.24, 2.45) is 0 Å². The standard InChI is InChI=1S/C22H22N4O6/c1-4-15-13(6-5-12(2)31-3)10-26(19(15)28)11-22(20(29)24-21(30)25-22)17-7-14-9-23-18(27)8-16(14)32-17/h5-9H,2,4,10-11H2,1,3H3,(H,23,27)(H2,24,25,29,30)/b6-5-/t22-/m0/s1. The maximum absolute atomic E-state index is 13.1. The minimum absolute atomic E-state index is 0.123. The summed E-state index contributed by atoms with van der Waals surface area (Å²) in [4.78, 5) is 53.7. The molecule has 10 nitrogen and oxygen atoms in total. The molecule has 0 unspecified atom stereocenters. The van der Waals surface area contributed by atoms with E-state index >= 15 is 0 Å². The molecule has 0 saturated carbocycles. The molecule has 4 amide bonds. The number of fused-ring (bicyclic) bond motifs is 1. The molecule has 4 heterocycles. The summed E-state index contributed by atoms with van der Waals surface area (Å²) >= 11 is 0. The second-order valence-electron chi connectivity index (χ2n) is 7.56. The summed E-state index contributed by atoms with van der Waals surface area (Å²) in [5, 5.41) is 5.39. The number of imide groups is 1. The summed E-state index contributed by atoms with van der Waals surface area (Å²) in [7, 11) is 1.50. The number of hydrogen-bond acceptors (Lipinski definition) is 6. The predicted molar refractivity (Wildman–Crippen MR) is 114 cm³/mol. The molecule has 10 heteroatoms. The number of allylic oxidation sites excluding steroid dienone is 1. The predicted octanol–water partition coefficient (Wildman–Crippen LogP) is 1.42. The van der Waals surface area contributed by atoms with Crippen LogP contribution in [-0.2, 0) is 19.9 Å². The Balaban J connectivity index is 1.70. The lowest BCUT2D eigenvalue weighted by molar-refractivity contribution is -0.130. The first kappa shape index (κ1) is 21.2. The van der Waals surface area contributed by atoms with Crippen molar-refractivity contribution in [2.75, 3.05) is 20.2 Å². The van der Waals surface area contributed by atoms with Crippen LogP contribution in [-0.4, -0.2) is 47.9 Å². The number of aromatic amines is 1. The van der Waals surface area contributed by atoms with Gasteiger partial charge in [-0.25, -0.2) is 4.79 Å². The quantitative estimate of drug-likeness (QED) is 0.340. The number of nitrogens with one attached hydrogen (secondary N) is 3. The number of hydrogen-bond donors (Lipinski definition) is 3. The van der Waals surface area contributed by atoms with Gasteiger partial charge in [0.25, 0.3) is 17.4 Å². The Kier molecular flexibility index (Phi) is 5.21. The molecule has 0 aromatic carbocycles. The number of methoxy groups -OCH3 is 1. The first-order chi connectivity index (χ1) is 15.3. The minimum Gasteiger partial charge on any atom is -0.497 e. The van der Waals surface area contributed by atoms with E-state index in [0.717, 1.165) is 5.57 Å². The Labute approximate surface area is 182 Å². The molecule has 32 heavy (non-hydrogen) atoms. The number of amides is 4. The zero-order chi connectivity index (χ0) is 23.0. The number of urea groups is 1. The summed E-state index contributed by atoms with van der Waals surface area (Å²) in [6.45, 7) is 5.69. The molecule has 0 bridgehead atoms. The molecule has 4 rings (SSSR count). The monoisotopic (exact) mass is 438 g/mol. The fourth-order valence-electron chi connectivity index (χ4n) is 3.93. The van der Waals surface area contributed by atoms with E-state index in [0.29, 0.717) is 23.1 Å². The third-order valence-electron chi connectivity index (χ3n) is 5.59. The van der Waals surface area contributed by atoms with Crippen LogP contribution in [0.25, 0.3) is 11.0 Å². The third-order valence-corrected chi connectivity index (χ3v) is 5.59. The van der Waals surface area contributed by atoms with Gasteiger partial charge in [0.1, 0.15) is 17.1 Å². The van der Waals surface area contributed by atoms with Gasteiger partial charge in [-0.05, 0) is 24.1 Å². The van der Waals surface area contributed by atoms with Gasteiger partial charge < -0.3 is 24.4 Å². The van der Waals surface area contributed by atoms with Crippen molar-refractivity contribution in [2.45, 2.75) is 18.9 Å². The van der Waals surface area contributed by atoms with Crippen LogP contribution >= 0.6 is 0 Å². The summed E-state index contributed by atoms with van der Waals surface area (Å²) < 4.78 is 10.8. The Morgan fingerprint density at radius 2 is 2.09 bits per heavy atom. The van der Waals surface area contributed by atoms with Crippen LogP contribution in [0.5, 0.6) is 0 Å². The molecule has 2 aromatic rings. The largest absolute Gasteiger partial charge is 0.497 e. The van der Waals surface area contributed by atoms with Gasteiger partial charge in [0.2, 0.25) is 0 Å². The molecular formula is C22H22N4O6. The van der Waals surface area contributed by atoms with Crippen molar-refractivity contribution in [1.82, 2.24) is 20.5 Å². The van der Waals surface area contributed by atoms with Crippen LogP contribution in [0.1, 0.15) is 19.1 Å². The fraction of sp³-hybridized carbons (Fsp3) is 0.273. The molecule has 1 saturated heterocycles. The van der Waals surface area contributed by atoms with E-state index in [1.54, 1.807) is 18.2 Å². The molecule has 2 aromatic heterocycles. The zero-order valence-electron chi connectivity index (χ0n) is 17.6. The van der Waals surface area contributed by atoms with E-state index in [1.165, 1.54) is 24.3 Å². The number of ether oxygens (including phenoxy) is 1. The van der Waals surface area contributed by atoms with Gasteiger partial charge >= 0.3 is 6.03 Å². The summed E-state index contributed by atoms with van der Waals surface area (Å²) in [6.07, 6.45) is 5.37. The second-order valence-corrected chi connectivity index (χ2v) is 7.56. The molecular weight excluding hydrogens is 416 g/mol. The number of nitrogens with zero attached hydrogens (tertiary/aromatic N) is 1. The fourth-order valence-corrected chi connectivity index (χ4v) is 3.93. The maximum atomic E-state index is 13.1. The van der Waals surface area contributed by atoms with Crippen molar-refractivity contribution >= 4 is 28.8 Å². The summed E-state index contributed by atoms with van der Waals surface area (Å²) in [6, 6.07) is 2.12. The van der Waals surface area contributed by atoms with E-state index < -0.39 is 17.5 Å². The van der Waals surface area contributed by atoms with Gasteiger partial charge in [-0.1, -0.05) is 19.6 Å². The van der Waals surface area contributed by atoms with Gasteiger partial charge in [-0.3, -0.25) is 19.7 Å². The normalized spacial score (nSPS) is 21.1. The number of carbonyl (C=O) groups excluding carboxylic acids is 3. The van der Waals surface area contributed by atoms with Gasteiger partial charge in [0.05, 0.1) is 13.7 Å². The van der Waals surface area contributed by atoms with E-state index in [1.807, 2.05) is 6.92 Å². The number of carbonyl (C=O) groups is 3. The molecule has 3 N–H and O–H groups in total. The number of rotatable bonds is 7. The van der Waals surface area contributed by atoms with Crippen molar-refractivity contribution < 1.29 is 23.5 Å². The molecule has 2 aliphatic heterocycles. The van der Waals surface area contributed by atoms with E-state index in [9.17, 15) is 19.2 Å². The topological polar surface area (TPSA) is 134 Å². The molecule has 166 valence electrons. The molecule has 0 aliphatic carbocycles. The van der Waals surface area contributed by atoms with Crippen LogP contribution in [0.4, 0.5) is 4.79 Å². The molecule has 2 aliphatic rings. The van der Waals surface area contributed by atoms with Crippen LogP contribution in [0.15, 0.2) is 63.2 Å². The summed E-state index contributed by atoms with van der Waals surface area (Å²) in [5.41, 5.74) is -0.374. The van der Waals surface area contributed by atoms with E-state index in [4.69, 9.17) is 9.15 Å². The van der Waals surface area contributed by atoms with Gasteiger partial charge in [0.15, 0.2) is 5.54 Å². The van der Waals surface area contributed by atoms with Gasteiger partial charge in [0, 0.05) is 29.8 Å². The lowest BCUT2D eigenvalue weighted by Gasteiger charge is -2.29. The number of furan rings is 1. The van der Waals surface area contributed by atoms with Crippen LogP contribution in [0.3, 0.4) is 0 Å². The number of H-pyrrole nitrogens is 1. The number of pyridine rings is 1. The van der Waals surface area contributed by atoms with Crippen LogP contribution in [0.2, 0.25) is 0 Å². The molecule has 0 spiro atoms. The lowest BCUT2D eigenvalue weighted by Crippen LogP contribution is -2.53.